The van der Waals surface area contributed by atoms with Gasteiger partial charge in [0, 0.05) is 6.61 Å². The summed E-state index contributed by atoms with van der Waals surface area (Å²) in [5.41, 5.74) is 0. The molecule has 1 aliphatic heterocycles. The molecule has 0 spiro atoms. The molecule has 1 fully saturated rings. The Labute approximate surface area is 165 Å². The zero-order valence-corrected chi connectivity index (χ0v) is 17.4. The monoisotopic (exact) mass is 392 g/mol. The molecule has 6 heteroatoms. The first kappa shape index (κ1) is 24.2. The number of hydrogen-bond acceptors (Lipinski definition) is 6. The van der Waals surface area contributed by atoms with E-state index in [0.717, 1.165) is 25.4 Å². The Bertz CT molecular complexity index is 277. The van der Waals surface area contributed by atoms with Crippen molar-refractivity contribution in [2.75, 3.05) is 65.2 Å². The fourth-order valence-electron chi connectivity index (χ4n) is 2.59. The first-order chi connectivity index (χ1) is 12.9. The molecule has 0 aliphatic carbocycles. The number of ether oxygens (including phenoxy) is 5. The molecule has 1 saturated heterocycles. The van der Waals surface area contributed by atoms with Crippen LogP contribution >= 0.6 is 12.6 Å². The van der Waals surface area contributed by atoms with E-state index in [4.69, 9.17) is 23.7 Å². The van der Waals surface area contributed by atoms with Crippen LogP contribution in [-0.2, 0) is 23.7 Å². The standard InChI is InChI=1S/C20H40O5S/c26-17-9-7-5-3-1-2-4-6-8-10-21-11-12-22-13-14-23-15-16-24-18-20-19-25-20/h20,26H,1-19H2. The zero-order chi connectivity index (χ0) is 18.5. The van der Waals surface area contributed by atoms with Gasteiger partial charge in [-0.25, -0.2) is 0 Å². The van der Waals surface area contributed by atoms with Crippen molar-refractivity contribution in [3.05, 3.63) is 0 Å². The van der Waals surface area contributed by atoms with E-state index in [1.807, 2.05) is 0 Å². The number of rotatable bonds is 22. The lowest BCUT2D eigenvalue weighted by Crippen LogP contribution is -2.13. The van der Waals surface area contributed by atoms with Gasteiger partial charge in [0.15, 0.2) is 0 Å². The molecule has 0 aromatic rings. The fourth-order valence-corrected chi connectivity index (χ4v) is 2.82. The van der Waals surface area contributed by atoms with E-state index in [1.54, 1.807) is 0 Å². The molecule has 0 aromatic heterocycles. The summed E-state index contributed by atoms with van der Waals surface area (Å²) >= 11 is 4.24. The van der Waals surface area contributed by atoms with Gasteiger partial charge in [0.2, 0.25) is 0 Å². The molecule has 26 heavy (non-hydrogen) atoms. The summed E-state index contributed by atoms with van der Waals surface area (Å²) in [6.07, 6.45) is 12.2. The quantitative estimate of drug-likeness (QED) is 0.172. The summed E-state index contributed by atoms with van der Waals surface area (Å²) in [5, 5.41) is 0. The lowest BCUT2D eigenvalue weighted by atomic mass is 10.1. The Morgan fingerprint density at radius 3 is 1.50 bits per heavy atom. The van der Waals surface area contributed by atoms with Crippen LogP contribution in [0.1, 0.15) is 57.8 Å². The molecule has 5 nitrogen and oxygen atoms in total. The number of epoxide rings is 1. The zero-order valence-electron chi connectivity index (χ0n) is 16.5. The van der Waals surface area contributed by atoms with Crippen LogP contribution in [0.2, 0.25) is 0 Å². The number of hydrogen-bond donors (Lipinski definition) is 1. The first-order valence-electron chi connectivity index (χ1n) is 10.5. The van der Waals surface area contributed by atoms with Crippen molar-refractivity contribution >= 4 is 12.6 Å². The molecule has 0 N–H and O–H groups in total. The normalized spacial score (nSPS) is 16.3. The molecule has 0 saturated carbocycles. The first-order valence-corrected chi connectivity index (χ1v) is 11.1. The molecule has 1 unspecified atom stereocenters. The SMILES string of the molecule is SCCCCCCCCCCCOCCOCCOCCOCC1CO1. The largest absolute Gasteiger partial charge is 0.379 e. The minimum Gasteiger partial charge on any atom is -0.379 e. The van der Waals surface area contributed by atoms with Crippen LogP contribution in [0, 0.1) is 0 Å². The van der Waals surface area contributed by atoms with E-state index in [2.05, 4.69) is 12.6 Å². The molecule has 1 heterocycles. The molecule has 0 aromatic carbocycles. The van der Waals surface area contributed by atoms with Crippen LogP contribution in [0.25, 0.3) is 0 Å². The van der Waals surface area contributed by atoms with Gasteiger partial charge in [-0.3, -0.25) is 0 Å². The van der Waals surface area contributed by atoms with Crippen molar-refractivity contribution in [2.24, 2.45) is 0 Å². The highest BCUT2D eigenvalue weighted by atomic mass is 32.1. The predicted octanol–water partition coefficient (Wildman–Crippen LogP) is 3.89. The predicted molar refractivity (Wildman–Crippen MR) is 108 cm³/mol. The maximum absolute atomic E-state index is 5.59. The Kier molecular flexibility index (Phi) is 18.5. The van der Waals surface area contributed by atoms with Crippen molar-refractivity contribution in [3.8, 4) is 0 Å². The van der Waals surface area contributed by atoms with Crippen LogP contribution in [0.3, 0.4) is 0 Å². The van der Waals surface area contributed by atoms with E-state index >= 15 is 0 Å². The maximum Gasteiger partial charge on any atom is 0.104 e. The van der Waals surface area contributed by atoms with E-state index in [1.165, 1.54) is 51.4 Å². The summed E-state index contributed by atoms with van der Waals surface area (Å²) in [7, 11) is 0. The van der Waals surface area contributed by atoms with Crippen LogP contribution in [0.15, 0.2) is 0 Å². The summed E-state index contributed by atoms with van der Waals surface area (Å²) < 4.78 is 26.9. The fraction of sp³-hybridized carbons (Fsp3) is 1.00. The summed E-state index contributed by atoms with van der Waals surface area (Å²) in [6.45, 7) is 6.16. The molecule has 1 atom stereocenters. The molecule has 156 valence electrons. The molecule has 1 rings (SSSR count). The van der Waals surface area contributed by atoms with Gasteiger partial charge in [-0.1, -0.05) is 44.9 Å². The molecule has 1 aliphatic rings. The maximum atomic E-state index is 5.59. The van der Waals surface area contributed by atoms with E-state index < -0.39 is 0 Å². The second kappa shape index (κ2) is 19.9. The van der Waals surface area contributed by atoms with Crippen LogP contribution in [0.4, 0.5) is 0 Å². The summed E-state index contributed by atoms with van der Waals surface area (Å²) in [4.78, 5) is 0. The molecule has 0 bridgehead atoms. The van der Waals surface area contributed by atoms with Gasteiger partial charge < -0.3 is 23.7 Å². The van der Waals surface area contributed by atoms with Crippen molar-refractivity contribution < 1.29 is 23.7 Å². The van der Waals surface area contributed by atoms with Gasteiger partial charge >= 0.3 is 0 Å². The third-order valence-electron chi connectivity index (χ3n) is 4.27. The van der Waals surface area contributed by atoms with E-state index in [-0.39, 0.29) is 0 Å². The Morgan fingerprint density at radius 2 is 1.00 bits per heavy atom. The second-order valence-corrected chi connectivity index (χ2v) is 7.22. The smallest absolute Gasteiger partial charge is 0.104 e. The summed E-state index contributed by atoms with van der Waals surface area (Å²) in [5.74, 6) is 1.03. The highest BCUT2D eigenvalue weighted by Gasteiger charge is 2.21. The Morgan fingerprint density at radius 1 is 0.577 bits per heavy atom. The minimum absolute atomic E-state index is 0.330. The van der Waals surface area contributed by atoms with Gasteiger partial charge in [0.1, 0.15) is 6.10 Å². The van der Waals surface area contributed by atoms with Crippen molar-refractivity contribution in [1.82, 2.24) is 0 Å². The van der Waals surface area contributed by atoms with Crippen LogP contribution < -0.4 is 0 Å². The molecular formula is C20H40O5S. The van der Waals surface area contributed by atoms with Gasteiger partial charge in [0.25, 0.3) is 0 Å². The Balaban J connectivity index is 1.59. The summed E-state index contributed by atoms with van der Waals surface area (Å²) in [6, 6.07) is 0. The Hall–Kier alpha value is 0.150. The van der Waals surface area contributed by atoms with Crippen molar-refractivity contribution in [1.29, 1.82) is 0 Å². The van der Waals surface area contributed by atoms with Crippen LogP contribution in [-0.4, -0.2) is 71.3 Å². The molecule has 0 radical (unpaired) electrons. The third kappa shape index (κ3) is 18.9. The lowest BCUT2D eigenvalue weighted by molar-refractivity contribution is -0.00355. The lowest BCUT2D eigenvalue weighted by Gasteiger charge is -2.07. The highest BCUT2D eigenvalue weighted by molar-refractivity contribution is 7.80. The van der Waals surface area contributed by atoms with Gasteiger partial charge in [-0.15, -0.1) is 0 Å². The van der Waals surface area contributed by atoms with Crippen molar-refractivity contribution in [3.63, 3.8) is 0 Å². The third-order valence-corrected chi connectivity index (χ3v) is 4.59. The van der Waals surface area contributed by atoms with Crippen molar-refractivity contribution in [2.45, 2.75) is 63.9 Å². The van der Waals surface area contributed by atoms with Crippen LogP contribution in [0.5, 0.6) is 0 Å². The minimum atomic E-state index is 0.330. The van der Waals surface area contributed by atoms with Gasteiger partial charge in [-0.2, -0.15) is 12.6 Å². The van der Waals surface area contributed by atoms with Gasteiger partial charge in [-0.05, 0) is 18.6 Å². The number of unbranched alkanes of at least 4 members (excludes halogenated alkanes) is 8. The van der Waals surface area contributed by atoms with E-state index in [0.29, 0.717) is 52.4 Å². The average Bonchev–Trinajstić information content (AvgIpc) is 3.47. The average molecular weight is 393 g/mol. The topological polar surface area (TPSA) is 49.5 Å². The molecular weight excluding hydrogens is 352 g/mol. The highest BCUT2D eigenvalue weighted by Crippen LogP contribution is 2.10. The second-order valence-electron chi connectivity index (χ2n) is 6.77. The van der Waals surface area contributed by atoms with Gasteiger partial charge in [0.05, 0.1) is 52.9 Å². The van der Waals surface area contributed by atoms with E-state index in [9.17, 15) is 0 Å². The molecule has 0 amide bonds. The number of thiol groups is 1.